The summed E-state index contributed by atoms with van der Waals surface area (Å²) in [7, 11) is 1.58. The van der Waals surface area contributed by atoms with Crippen molar-refractivity contribution in [3.05, 3.63) is 56.4 Å². The second-order valence-corrected chi connectivity index (χ2v) is 5.88. The number of benzene rings is 1. The smallest absolute Gasteiger partial charge is 0.347 e. The molecule has 0 amide bonds. The molecule has 0 spiro atoms. The Kier molecular flexibility index (Phi) is 3.83. The topological polar surface area (TPSA) is 93.8 Å². The van der Waals surface area contributed by atoms with Crippen molar-refractivity contribution in [2.75, 3.05) is 7.11 Å². The van der Waals surface area contributed by atoms with E-state index in [1.165, 1.54) is 4.52 Å². The Morgan fingerprint density at radius 2 is 2.04 bits per heavy atom. The van der Waals surface area contributed by atoms with Crippen LogP contribution in [0.5, 0.6) is 5.75 Å². The van der Waals surface area contributed by atoms with Gasteiger partial charge in [-0.2, -0.15) is 10.1 Å². The lowest BCUT2D eigenvalue weighted by molar-refractivity contribution is 0.0701. The van der Waals surface area contributed by atoms with Crippen LogP contribution in [0.4, 0.5) is 0 Å². The highest BCUT2D eigenvalue weighted by molar-refractivity contribution is 7.18. The minimum Gasteiger partial charge on any atom is -0.497 e. The molecule has 1 aromatic carbocycles. The number of aromatic nitrogens is 3. The second kappa shape index (κ2) is 5.81. The van der Waals surface area contributed by atoms with E-state index in [4.69, 9.17) is 9.84 Å². The molecule has 0 unspecified atom stereocenters. The first-order valence-electron chi connectivity index (χ1n) is 6.75. The number of hydrogen-bond donors (Lipinski definition) is 1. The van der Waals surface area contributed by atoms with Crippen LogP contribution in [0.2, 0.25) is 0 Å². The number of fused-ring (bicyclic) bond motifs is 1. The zero-order chi connectivity index (χ0) is 16.6. The van der Waals surface area contributed by atoms with E-state index in [-0.39, 0.29) is 15.5 Å². The van der Waals surface area contributed by atoms with Gasteiger partial charge in [0.2, 0.25) is 4.96 Å². The van der Waals surface area contributed by atoms with Gasteiger partial charge < -0.3 is 9.84 Å². The maximum absolute atomic E-state index is 12.1. The van der Waals surface area contributed by atoms with E-state index in [9.17, 15) is 9.59 Å². The normalized spacial score (nSPS) is 10.9. The molecule has 0 aliphatic carbocycles. The Morgan fingerprint density at radius 3 is 2.65 bits per heavy atom. The summed E-state index contributed by atoms with van der Waals surface area (Å²) < 4.78 is 6.50. The molecule has 118 valence electrons. The molecule has 1 N–H and O–H groups in total. The van der Waals surface area contributed by atoms with Crippen LogP contribution in [0.15, 0.2) is 29.1 Å². The molecule has 3 rings (SSSR count). The third kappa shape index (κ3) is 2.80. The van der Waals surface area contributed by atoms with Crippen molar-refractivity contribution in [3.63, 3.8) is 0 Å². The van der Waals surface area contributed by atoms with E-state index in [1.807, 2.05) is 12.1 Å². The fourth-order valence-electron chi connectivity index (χ4n) is 2.20. The van der Waals surface area contributed by atoms with Crippen LogP contribution in [0.25, 0.3) is 4.96 Å². The van der Waals surface area contributed by atoms with Gasteiger partial charge in [0.25, 0.3) is 5.56 Å². The predicted octanol–water partition coefficient (Wildman–Crippen LogP) is 1.76. The lowest BCUT2D eigenvalue weighted by atomic mass is 10.1. The molecule has 0 saturated heterocycles. The van der Waals surface area contributed by atoms with Crippen LogP contribution in [0, 0.1) is 6.92 Å². The Morgan fingerprint density at radius 1 is 1.35 bits per heavy atom. The summed E-state index contributed by atoms with van der Waals surface area (Å²) in [6, 6.07) is 7.30. The molecule has 0 bridgehead atoms. The molecule has 8 heteroatoms. The quantitative estimate of drug-likeness (QED) is 0.783. The van der Waals surface area contributed by atoms with Gasteiger partial charge in [0.05, 0.1) is 12.8 Å². The van der Waals surface area contributed by atoms with Gasteiger partial charge in [-0.05, 0) is 24.6 Å². The Hall–Kier alpha value is -2.74. The van der Waals surface area contributed by atoms with Crippen molar-refractivity contribution in [3.8, 4) is 5.75 Å². The van der Waals surface area contributed by atoms with Crippen molar-refractivity contribution in [1.29, 1.82) is 0 Å². The third-order valence-corrected chi connectivity index (χ3v) is 4.53. The molecule has 0 aliphatic heterocycles. The number of rotatable bonds is 4. The lowest BCUT2D eigenvalue weighted by Gasteiger charge is -2.03. The van der Waals surface area contributed by atoms with Gasteiger partial charge in [-0.15, -0.1) is 0 Å². The summed E-state index contributed by atoms with van der Waals surface area (Å²) in [6.07, 6.45) is 0.316. The average Bonchev–Trinajstić information content (AvgIpc) is 2.85. The number of hydrogen-bond acceptors (Lipinski definition) is 6. The maximum Gasteiger partial charge on any atom is 0.347 e. The lowest BCUT2D eigenvalue weighted by Crippen LogP contribution is -2.18. The summed E-state index contributed by atoms with van der Waals surface area (Å²) in [5.74, 6) is -0.323. The van der Waals surface area contributed by atoms with Gasteiger partial charge in [0, 0.05) is 6.42 Å². The SMILES string of the molecule is COc1ccc(Cc2nn3c(C)c(C(=O)O)sc3nc2=O)cc1. The minimum absolute atomic E-state index is 0.131. The molecular formula is C15H13N3O4S. The first-order chi connectivity index (χ1) is 11.0. The van der Waals surface area contributed by atoms with Crippen molar-refractivity contribution in [2.45, 2.75) is 13.3 Å². The van der Waals surface area contributed by atoms with E-state index in [0.717, 1.165) is 22.6 Å². The molecule has 23 heavy (non-hydrogen) atoms. The summed E-state index contributed by atoms with van der Waals surface area (Å²) in [5.41, 5.74) is 1.17. The van der Waals surface area contributed by atoms with Gasteiger partial charge >= 0.3 is 5.97 Å². The van der Waals surface area contributed by atoms with Crippen LogP contribution in [0.3, 0.4) is 0 Å². The fraction of sp³-hybridized carbons (Fsp3) is 0.200. The summed E-state index contributed by atoms with van der Waals surface area (Å²) in [4.78, 5) is 27.6. The molecule has 0 radical (unpaired) electrons. The first kappa shape index (κ1) is 15.2. The highest BCUT2D eigenvalue weighted by atomic mass is 32.1. The van der Waals surface area contributed by atoms with Crippen molar-refractivity contribution in [2.24, 2.45) is 0 Å². The van der Waals surface area contributed by atoms with Gasteiger partial charge in [-0.3, -0.25) is 4.79 Å². The highest BCUT2D eigenvalue weighted by Crippen LogP contribution is 2.20. The summed E-state index contributed by atoms with van der Waals surface area (Å²) in [6.45, 7) is 1.64. The van der Waals surface area contributed by atoms with Crippen molar-refractivity contribution < 1.29 is 14.6 Å². The van der Waals surface area contributed by atoms with Gasteiger partial charge in [0.1, 0.15) is 16.3 Å². The Balaban J connectivity index is 2.03. The zero-order valence-corrected chi connectivity index (χ0v) is 13.3. The largest absolute Gasteiger partial charge is 0.497 e. The molecular weight excluding hydrogens is 318 g/mol. The number of aryl methyl sites for hydroxylation is 1. The van der Waals surface area contributed by atoms with Crippen LogP contribution < -0.4 is 10.3 Å². The summed E-state index contributed by atoms with van der Waals surface area (Å²) >= 11 is 0.939. The average molecular weight is 331 g/mol. The molecule has 3 aromatic rings. The van der Waals surface area contributed by atoms with E-state index in [1.54, 1.807) is 26.2 Å². The van der Waals surface area contributed by atoms with Crippen LogP contribution in [-0.2, 0) is 6.42 Å². The Bertz CT molecular complexity index is 944. The van der Waals surface area contributed by atoms with Gasteiger partial charge in [-0.1, -0.05) is 23.5 Å². The monoisotopic (exact) mass is 331 g/mol. The Labute approximate surface area is 134 Å². The van der Waals surface area contributed by atoms with Crippen LogP contribution >= 0.6 is 11.3 Å². The van der Waals surface area contributed by atoms with Crippen LogP contribution in [-0.4, -0.2) is 32.8 Å². The van der Waals surface area contributed by atoms with Gasteiger partial charge in [-0.25, -0.2) is 9.31 Å². The van der Waals surface area contributed by atoms with E-state index in [2.05, 4.69) is 10.1 Å². The molecule has 0 aliphatic rings. The standard InChI is InChI=1S/C15H13N3O4S/c1-8-12(14(20)21)23-15-16-13(19)11(17-18(8)15)7-9-3-5-10(22-2)6-4-9/h3-6H,7H2,1-2H3,(H,20,21). The number of thiazole rings is 1. The van der Waals surface area contributed by atoms with Gasteiger partial charge in [0.15, 0.2) is 0 Å². The van der Waals surface area contributed by atoms with E-state index >= 15 is 0 Å². The molecule has 0 fully saturated rings. The molecule has 0 atom stereocenters. The maximum atomic E-state index is 12.1. The van der Waals surface area contributed by atoms with Crippen molar-refractivity contribution >= 4 is 22.3 Å². The highest BCUT2D eigenvalue weighted by Gasteiger charge is 2.17. The number of methoxy groups -OCH3 is 1. The number of ether oxygens (including phenoxy) is 1. The van der Waals surface area contributed by atoms with Crippen LogP contribution in [0.1, 0.15) is 26.6 Å². The molecule has 0 saturated carbocycles. The zero-order valence-electron chi connectivity index (χ0n) is 12.4. The summed E-state index contributed by atoms with van der Waals surface area (Å²) in [5, 5.41) is 13.4. The minimum atomic E-state index is -1.05. The predicted molar refractivity (Wildman–Crippen MR) is 84.6 cm³/mol. The molecule has 2 heterocycles. The van der Waals surface area contributed by atoms with Crippen molar-refractivity contribution in [1.82, 2.24) is 14.6 Å². The number of carbonyl (C=O) groups is 1. The van der Waals surface area contributed by atoms with E-state index < -0.39 is 11.5 Å². The molecule has 7 nitrogen and oxygen atoms in total. The number of carboxylic acids is 1. The first-order valence-corrected chi connectivity index (χ1v) is 7.57. The number of aromatic carboxylic acids is 1. The third-order valence-electron chi connectivity index (χ3n) is 3.41. The molecule has 2 aromatic heterocycles. The van der Waals surface area contributed by atoms with E-state index in [0.29, 0.717) is 12.1 Å². The second-order valence-electron chi connectivity index (χ2n) is 4.90. The fourth-order valence-corrected chi connectivity index (χ4v) is 3.09. The number of carboxylic acid groups (broad SMARTS) is 1. The number of nitrogens with zero attached hydrogens (tertiary/aromatic N) is 3.